The van der Waals surface area contributed by atoms with Crippen molar-refractivity contribution in [1.29, 1.82) is 0 Å². The zero-order chi connectivity index (χ0) is 19.6. The number of rotatable bonds is 5. The molecular formula is C17H11BrCl2N4O3. The van der Waals surface area contributed by atoms with Crippen LogP contribution < -0.4 is 5.32 Å². The minimum atomic E-state index is -0.525. The summed E-state index contributed by atoms with van der Waals surface area (Å²) >= 11 is 15.3. The summed E-state index contributed by atoms with van der Waals surface area (Å²) in [6.45, 7) is 0.433. The van der Waals surface area contributed by atoms with Crippen molar-refractivity contribution in [1.82, 2.24) is 9.78 Å². The van der Waals surface area contributed by atoms with Crippen LogP contribution in [0.1, 0.15) is 15.9 Å². The van der Waals surface area contributed by atoms with E-state index in [4.69, 9.17) is 23.2 Å². The molecule has 0 aliphatic rings. The van der Waals surface area contributed by atoms with Crippen LogP contribution in [0.4, 0.5) is 11.5 Å². The quantitative estimate of drug-likeness (QED) is 0.412. The van der Waals surface area contributed by atoms with Gasteiger partial charge in [-0.05, 0) is 45.8 Å². The number of carbonyl (C=O) groups is 1. The molecule has 1 amide bonds. The van der Waals surface area contributed by atoms with Crippen molar-refractivity contribution < 1.29 is 9.72 Å². The molecule has 3 aromatic rings. The molecule has 10 heteroatoms. The van der Waals surface area contributed by atoms with Gasteiger partial charge in [0.05, 0.1) is 26.0 Å². The molecule has 1 heterocycles. The highest BCUT2D eigenvalue weighted by molar-refractivity contribution is 9.10. The molecule has 0 saturated carbocycles. The number of halogens is 3. The van der Waals surface area contributed by atoms with Gasteiger partial charge in [0.25, 0.3) is 11.6 Å². The van der Waals surface area contributed by atoms with Crippen molar-refractivity contribution >= 4 is 56.5 Å². The minimum absolute atomic E-state index is 0.0846. The minimum Gasteiger partial charge on any atom is -0.304 e. The predicted octanol–water partition coefficient (Wildman–Crippen LogP) is 5.16. The molecule has 27 heavy (non-hydrogen) atoms. The lowest BCUT2D eigenvalue weighted by atomic mass is 10.2. The van der Waals surface area contributed by atoms with Gasteiger partial charge in [-0.2, -0.15) is 5.10 Å². The number of hydrogen-bond donors (Lipinski definition) is 1. The average molecular weight is 470 g/mol. The van der Waals surface area contributed by atoms with Crippen LogP contribution in [0.15, 0.2) is 53.1 Å². The Morgan fingerprint density at radius 1 is 1.19 bits per heavy atom. The summed E-state index contributed by atoms with van der Waals surface area (Å²) < 4.78 is 2.23. The van der Waals surface area contributed by atoms with Crippen molar-refractivity contribution in [3.05, 3.63) is 84.4 Å². The van der Waals surface area contributed by atoms with E-state index >= 15 is 0 Å². The summed E-state index contributed by atoms with van der Waals surface area (Å²) in [4.78, 5) is 22.5. The Labute approximate surface area is 172 Å². The largest absolute Gasteiger partial charge is 0.304 e. The van der Waals surface area contributed by atoms with E-state index in [-0.39, 0.29) is 11.3 Å². The van der Waals surface area contributed by atoms with Crippen molar-refractivity contribution in [3.8, 4) is 0 Å². The predicted molar refractivity (Wildman–Crippen MR) is 107 cm³/mol. The van der Waals surface area contributed by atoms with Gasteiger partial charge in [0.2, 0.25) is 0 Å². The van der Waals surface area contributed by atoms with Gasteiger partial charge in [-0.1, -0.05) is 29.3 Å². The summed E-state index contributed by atoms with van der Waals surface area (Å²) in [7, 11) is 0. The van der Waals surface area contributed by atoms with Crippen LogP contribution in [0, 0.1) is 10.1 Å². The number of anilines is 1. The van der Waals surface area contributed by atoms with Crippen LogP contribution in [0.2, 0.25) is 10.0 Å². The number of benzene rings is 2. The maximum atomic E-state index is 12.3. The van der Waals surface area contributed by atoms with E-state index < -0.39 is 10.8 Å². The normalized spacial score (nSPS) is 10.6. The van der Waals surface area contributed by atoms with Gasteiger partial charge in [-0.25, -0.2) is 0 Å². The highest BCUT2D eigenvalue weighted by Crippen LogP contribution is 2.25. The molecule has 0 aliphatic heterocycles. The third-order valence-corrected chi connectivity index (χ3v) is 4.94. The maximum absolute atomic E-state index is 12.3. The molecule has 0 atom stereocenters. The number of nitrogens with zero attached hydrogens (tertiary/aromatic N) is 3. The molecule has 7 nitrogen and oxygen atoms in total. The zero-order valence-electron chi connectivity index (χ0n) is 13.5. The second kappa shape index (κ2) is 8.08. The van der Waals surface area contributed by atoms with Gasteiger partial charge in [0.15, 0.2) is 5.82 Å². The molecule has 3 rings (SSSR count). The van der Waals surface area contributed by atoms with Gasteiger partial charge >= 0.3 is 0 Å². The van der Waals surface area contributed by atoms with E-state index in [9.17, 15) is 14.9 Å². The van der Waals surface area contributed by atoms with E-state index in [1.54, 1.807) is 23.0 Å². The number of amides is 1. The number of carbonyl (C=O) groups excluding carboxylic acids is 1. The molecule has 0 fully saturated rings. The molecule has 0 aliphatic carbocycles. The van der Waals surface area contributed by atoms with Gasteiger partial charge in [-0.3, -0.25) is 19.6 Å². The lowest BCUT2D eigenvalue weighted by Gasteiger charge is -2.04. The molecule has 0 radical (unpaired) electrons. The zero-order valence-corrected chi connectivity index (χ0v) is 16.6. The molecule has 0 saturated heterocycles. The fourth-order valence-corrected chi connectivity index (χ4v) is 3.04. The van der Waals surface area contributed by atoms with Crippen LogP contribution in [0.3, 0.4) is 0 Å². The Kier molecular flexibility index (Phi) is 5.79. The van der Waals surface area contributed by atoms with Crippen molar-refractivity contribution in [2.75, 3.05) is 5.32 Å². The average Bonchev–Trinajstić information content (AvgIpc) is 2.97. The lowest BCUT2D eigenvalue weighted by Crippen LogP contribution is -2.13. The van der Waals surface area contributed by atoms with Crippen LogP contribution in [-0.4, -0.2) is 20.6 Å². The molecule has 2 aromatic carbocycles. The van der Waals surface area contributed by atoms with E-state index in [0.29, 0.717) is 26.9 Å². The maximum Gasteiger partial charge on any atom is 0.269 e. The SMILES string of the molecule is O=C(Nc1nn(Cc2ccc(Cl)c(Cl)c2)cc1Br)c1ccc([N+](=O)[O-])cc1. The second-order valence-electron chi connectivity index (χ2n) is 5.53. The first-order valence-electron chi connectivity index (χ1n) is 7.56. The van der Waals surface area contributed by atoms with E-state index in [1.165, 1.54) is 24.3 Å². The highest BCUT2D eigenvalue weighted by atomic mass is 79.9. The van der Waals surface area contributed by atoms with Crippen LogP contribution in [0.5, 0.6) is 0 Å². The summed E-state index contributed by atoms with van der Waals surface area (Å²) in [5, 5.41) is 18.6. The van der Waals surface area contributed by atoms with Crippen molar-refractivity contribution in [2.24, 2.45) is 0 Å². The van der Waals surface area contributed by atoms with E-state index in [0.717, 1.165) is 5.56 Å². The monoisotopic (exact) mass is 468 g/mol. The van der Waals surface area contributed by atoms with Gasteiger partial charge in [0.1, 0.15) is 0 Å². The Bertz CT molecular complexity index is 1020. The lowest BCUT2D eigenvalue weighted by molar-refractivity contribution is -0.384. The standard InChI is InChI=1S/C17H11BrCl2N4O3/c18-13-9-23(8-10-1-6-14(19)15(20)7-10)22-16(13)21-17(25)11-2-4-12(5-3-11)24(26)27/h1-7,9H,8H2,(H,21,22,25). The Morgan fingerprint density at radius 2 is 1.89 bits per heavy atom. The molecule has 0 spiro atoms. The first-order valence-corrected chi connectivity index (χ1v) is 9.11. The number of non-ortho nitro benzene ring substituents is 1. The summed E-state index contributed by atoms with van der Waals surface area (Å²) in [5.41, 5.74) is 1.10. The van der Waals surface area contributed by atoms with Crippen LogP contribution in [-0.2, 0) is 6.54 Å². The van der Waals surface area contributed by atoms with E-state index in [2.05, 4.69) is 26.3 Å². The fraction of sp³-hybridized carbons (Fsp3) is 0.0588. The van der Waals surface area contributed by atoms with Gasteiger partial charge in [-0.15, -0.1) is 0 Å². The number of hydrogen-bond acceptors (Lipinski definition) is 4. The number of nitro groups is 1. The summed E-state index contributed by atoms with van der Waals surface area (Å²) in [6.07, 6.45) is 1.72. The smallest absolute Gasteiger partial charge is 0.269 e. The van der Waals surface area contributed by atoms with Gasteiger partial charge in [0, 0.05) is 23.9 Å². The Morgan fingerprint density at radius 3 is 2.52 bits per heavy atom. The second-order valence-corrected chi connectivity index (χ2v) is 7.20. The third kappa shape index (κ3) is 4.65. The first-order chi connectivity index (χ1) is 12.8. The summed E-state index contributed by atoms with van der Waals surface area (Å²) in [5.74, 6) is -0.0937. The topological polar surface area (TPSA) is 90.1 Å². The third-order valence-electron chi connectivity index (χ3n) is 3.62. The van der Waals surface area contributed by atoms with Gasteiger partial charge < -0.3 is 5.32 Å². The summed E-state index contributed by atoms with van der Waals surface area (Å²) in [6, 6.07) is 10.6. The van der Waals surface area contributed by atoms with Crippen molar-refractivity contribution in [3.63, 3.8) is 0 Å². The van der Waals surface area contributed by atoms with Crippen LogP contribution >= 0.6 is 39.1 Å². The van der Waals surface area contributed by atoms with Crippen molar-refractivity contribution in [2.45, 2.75) is 6.54 Å². The molecule has 1 aromatic heterocycles. The highest BCUT2D eigenvalue weighted by Gasteiger charge is 2.14. The number of nitrogens with one attached hydrogen (secondary N) is 1. The van der Waals surface area contributed by atoms with Crippen LogP contribution in [0.25, 0.3) is 0 Å². The van der Waals surface area contributed by atoms with E-state index in [1.807, 2.05) is 6.07 Å². The molecule has 138 valence electrons. The molecule has 1 N–H and O–H groups in total. The molecule has 0 bridgehead atoms. The Balaban J connectivity index is 1.73. The number of aromatic nitrogens is 2. The molecule has 0 unspecified atom stereocenters. The fourth-order valence-electron chi connectivity index (χ4n) is 2.30. The molecular weight excluding hydrogens is 459 g/mol. The Hall–Kier alpha value is -2.42. The number of nitro benzene ring substituents is 1. The first kappa shape index (κ1) is 19.3.